The molecule has 1 atom stereocenters. The lowest BCUT2D eigenvalue weighted by atomic mass is 10.1. The maximum atomic E-state index is 12.1. The molecular formula is C18H35NO3. The Kier molecular flexibility index (Phi) is 7.67. The quantitative estimate of drug-likeness (QED) is 0.606. The molecule has 1 rings (SSSR count). The minimum absolute atomic E-state index is 0.208. The van der Waals surface area contributed by atoms with Gasteiger partial charge in [-0.05, 0) is 40.5 Å². The molecule has 0 saturated carbocycles. The minimum Gasteiger partial charge on any atom is -0.444 e. The van der Waals surface area contributed by atoms with Gasteiger partial charge in [0, 0.05) is 13.2 Å². The van der Waals surface area contributed by atoms with E-state index in [9.17, 15) is 4.79 Å². The number of carbonyl (C=O) groups excluding carboxylic acids is 1. The summed E-state index contributed by atoms with van der Waals surface area (Å²) in [5.41, 5.74) is -0.643. The number of nitrogens with zero attached hydrogens (tertiary/aromatic N) is 1. The molecule has 0 aromatic heterocycles. The summed E-state index contributed by atoms with van der Waals surface area (Å²) in [4.78, 5) is 13.8. The Morgan fingerprint density at radius 2 is 1.77 bits per heavy atom. The third-order valence-corrected chi connectivity index (χ3v) is 4.04. The van der Waals surface area contributed by atoms with Crippen LogP contribution in [0.4, 0.5) is 4.79 Å². The van der Waals surface area contributed by atoms with E-state index in [1.54, 1.807) is 4.90 Å². The number of amides is 1. The average Bonchev–Trinajstić information content (AvgIpc) is 2.79. The lowest BCUT2D eigenvalue weighted by Gasteiger charge is -2.27. The number of hydrogen-bond donors (Lipinski definition) is 0. The van der Waals surface area contributed by atoms with Crippen molar-refractivity contribution in [2.75, 3.05) is 19.7 Å². The zero-order chi connectivity index (χ0) is 16.6. The lowest BCUT2D eigenvalue weighted by Crippen LogP contribution is -2.39. The van der Waals surface area contributed by atoms with Gasteiger partial charge in [-0.3, -0.25) is 0 Å². The fourth-order valence-electron chi connectivity index (χ4n) is 2.73. The van der Waals surface area contributed by atoms with E-state index in [0.29, 0.717) is 6.54 Å². The zero-order valence-electron chi connectivity index (χ0n) is 15.2. The predicted molar refractivity (Wildman–Crippen MR) is 90.2 cm³/mol. The highest BCUT2D eigenvalue weighted by Gasteiger charge is 2.38. The van der Waals surface area contributed by atoms with Crippen LogP contribution in [0.25, 0.3) is 0 Å². The largest absolute Gasteiger partial charge is 0.444 e. The van der Waals surface area contributed by atoms with Crippen LogP contribution >= 0.6 is 0 Å². The van der Waals surface area contributed by atoms with Gasteiger partial charge in [0.2, 0.25) is 0 Å². The van der Waals surface area contributed by atoms with E-state index in [0.717, 1.165) is 26.0 Å². The first-order chi connectivity index (χ1) is 10.3. The molecule has 0 N–H and O–H groups in total. The third-order valence-electron chi connectivity index (χ3n) is 4.04. The third kappa shape index (κ3) is 7.48. The standard InChI is InChI=1S/C18H35NO3/c1-6-7-8-9-10-11-14-21-18(5)12-13-19(15-18)16(20)22-17(2,3)4/h6-15H2,1-5H3. The second-order valence-corrected chi connectivity index (χ2v) is 7.72. The molecule has 4 heteroatoms. The van der Waals surface area contributed by atoms with Crippen molar-refractivity contribution >= 4 is 6.09 Å². The number of carbonyl (C=O) groups is 1. The Labute approximate surface area is 136 Å². The monoisotopic (exact) mass is 313 g/mol. The molecule has 1 aliphatic heterocycles. The molecule has 1 aliphatic rings. The SMILES string of the molecule is CCCCCCCCOC1(C)CCN(C(=O)OC(C)(C)C)C1. The summed E-state index contributed by atoms with van der Waals surface area (Å²) in [7, 11) is 0. The molecule has 0 spiro atoms. The molecular weight excluding hydrogens is 278 g/mol. The number of rotatable bonds is 8. The Balaban J connectivity index is 2.21. The molecule has 1 amide bonds. The van der Waals surface area contributed by atoms with E-state index in [4.69, 9.17) is 9.47 Å². The van der Waals surface area contributed by atoms with Gasteiger partial charge in [-0.1, -0.05) is 39.0 Å². The van der Waals surface area contributed by atoms with Crippen LogP contribution in [0.3, 0.4) is 0 Å². The van der Waals surface area contributed by atoms with Gasteiger partial charge in [0.1, 0.15) is 5.60 Å². The van der Waals surface area contributed by atoms with Gasteiger partial charge < -0.3 is 14.4 Å². The molecule has 0 aromatic rings. The van der Waals surface area contributed by atoms with Crippen molar-refractivity contribution in [2.45, 2.75) is 90.8 Å². The van der Waals surface area contributed by atoms with Gasteiger partial charge in [0.15, 0.2) is 0 Å². The highest BCUT2D eigenvalue weighted by atomic mass is 16.6. The van der Waals surface area contributed by atoms with Gasteiger partial charge in [-0.25, -0.2) is 4.79 Å². The fraction of sp³-hybridized carbons (Fsp3) is 0.944. The Morgan fingerprint density at radius 1 is 1.14 bits per heavy atom. The van der Waals surface area contributed by atoms with E-state index in [2.05, 4.69) is 13.8 Å². The molecule has 1 heterocycles. The van der Waals surface area contributed by atoms with Crippen LogP contribution in [-0.4, -0.2) is 41.9 Å². The summed E-state index contributed by atoms with van der Waals surface area (Å²) in [6.45, 7) is 12.2. The molecule has 22 heavy (non-hydrogen) atoms. The number of hydrogen-bond acceptors (Lipinski definition) is 3. The second kappa shape index (κ2) is 8.76. The summed E-state index contributed by atoms with van der Waals surface area (Å²) in [6.07, 6.45) is 8.29. The topological polar surface area (TPSA) is 38.8 Å². The van der Waals surface area contributed by atoms with Gasteiger partial charge in [-0.2, -0.15) is 0 Å². The van der Waals surface area contributed by atoms with Crippen molar-refractivity contribution in [3.63, 3.8) is 0 Å². The second-order valence-electron chi connectivity index (χ2n) is 7.72. The smallest absolute Gasteiger partial charge is 0.410 e. The summed E-state index contributed by atoms with van der Waals surface area (Å²) >= 11 is 0. The van der Waals surface area contributed by atoms with Crippen molar-refractivity contribution in [3.05, 3.63) is 0 Å². The first-order valence-electron chi connectivity index (χ1n) is 8.88. The minimum atomic E-state index is -0.435. The molecule has 0 radical (unpaired) electrons. The van der Waals surface area contributed by atoms with Gasteiger partial charge >= 0.3 is 6.09 Å². The highest BCUT2D eigenvalue weighted by Crippen LogP contribution is 2.26. The average molecular weight is 313 g/mol. The van der Waals surface area contributed by atoms with Crippen LogP contribution in [-0.2, 0) is 9.47 Å². The fourth-order valence-corrected chi connectivity index (χ4v) is 2.73. The van der Waals surface area contributed by atoms with Crippen molar-refractivity contribution in [1.29, 1.82) is 0 Å². The normalized spacial score (nSPS) is 22.1. The summed E-state index contributed by atoms with van der Waals surface area (Å²) in [5, 5.41) is 0. The van der Waals surface area contributed by atoms with Crippen molar-refractivity contribution < 1.29 is 14.3 Å². The molecule has 1 fully saturated rings. The summed E-state index contributed by atoms with van der Waals surface area (Å²) < 4.78 is 11.5. The molecule has 4 nitrogen and oxygen atoms in total. The molecule has 0 aliphatic carbocycles. The Hall–Kier alpha value is -0.770. The number of ether oxygens (including phenoxy) is 2. The first kappa shape index (κ1) is 19.3. The maximum Gasteiger partial charge on any atom is 0.410 e. The Bertz CT molecular complexity index is 338. The van der Waals surface area contributed by atoms with Crippen LogP contribution in [0.5, 0.6) is 0 Å². The van der Waals surface area contributed by atoms with Gasteiger partial charge in [-0.15, -0.1) is 0 Å². The Morgan fingerprint density at radius 3 is 2.41 bits per heavy atom. The van der Waals surface area contributed by atoms with Gasteiger partial charge in [0.05, 0.1) is 12.1 Å². The van der Waals surface area contributed by atoms with E-state index in [1.807, 2.05) is 20.8 Å². The van der Waals surface area contributed by atoms with E-state index in [1.165, 1.54) is 32.1 Å². The lowest BCUT2D eigenvalue weighted by molar-refractivity contribution is -0.0286. The van der Waals surface area contributed by atoms with Crippen LogP contribution in [0, 0.1) is 0 Å². The van der Waals surface area contributed by atoms with E-state index in [-0.39, 0.29) is 11.7 Å². The van der Waals surface area contributed by atoms with Crippen molar-refractivity contribution in [1.82, 2.24) is 4.90 Å². The molecule has 1 saturated heterocycles. The van der Waals surface area contributed by atoms with Crippen molar-refractivity contribution in [2.24, 2.45) is 0 Å². The van der Waals surface area contributed by atoms with Crippen LogP contribution in [0.2, 0.25) is 0 Å². The summed E-state index contributed by atoms with van der Waals surface area (Å²) in [6, 6.07) is 0. The van der Waals surface area contributed by atoms with Crippen LogP contribution in [0.15, 0.2) is 0 Å². The van der Waals surface area contributed by atoms with E-state index >= 15 is 0 Å². The van der Waals surface area contributed by atoms with Crippen LogP contribution < -0.4 is 0 Å². The molecule has 1 unspecified atom stereocenters. The highest BCUT2D eigenvalue weighted by molar-refractivity contribution is 5.68. The van der Waals surface area contributed by atoms with Crippen molar-refractivity contribution in [3.8, 4) is 0 Å². The number of likely N-dealkylation sites (tertiary alicyclic amines) is 1. The van der Waals surface area contributed by atoms with Crippen LogP contribution in [0.1, 0.15) is 79.6 Å². The van der Waals surface area contributed by atoms with Gasteiger partial charge in [0.25, 0.3) is 0 Å². The first-order valence-corrected chi connectivity index (χ1v) is 8.88. The predicted octanol–water partition coefficient (Wildman–Crippen LogP) is 4.76. The number of unbranched alkanes of at least 4 members (excludes halogenated alkanes) is 5. The molecule has 0 bridgehead atoms. The molecule has 130 valence electrons. The zero-order valence-corrected chi connectivity index (χ0v) is 15.2. The summed E-state index contributed by atoms with van der Waals surface area (Å²) in [5.74, 6) is 0. The molecule has 0 aromatic carbocycles. The van der Waals surface area contributed by atoms with E-state index < -0.39 is 5.60 Å². The maximum absolute atomic E-state index is 12.1.